The fourth-order valence-electron chi connectivity index (χ4n) is 2.54. The molecular formula is C14H19N3O3. The molecule has 1 amide bonds. The fraction of sp³-hybridized carbons (Fsp3) is 0.500. The summed E-state index contributed by atoms with van der Waals surface area (Å²) in [6.45, 7) is 3.15. The summed E-state index contributed by atoms with van der Waals surface area (Å²) in [5, 5.41) is 11.8. The van der Waals surface area contributed by atoms with Gasteiger partial charge in [-0.2, -0.15) is 0 Å². The van der Waals surface area contributed by atoms with Crippen molar-refractivity contribution in [2.24, 2.45) is 5.92 Å². The number of hydrogen-bond donors (Lipinski definition) is 2. The van der Waals surface area contributed by atoms with Crippen molar-refractivity contribution in [3.05, 3.63) is 23.4 Å². The van der Waals surface area contributed by atoms with Crippen LogP contribution in [0.15, 0.2) is 12.1 Å². The van der Waals surface area contributed by atoms with E-state index in [4.69, 9.17) is 5.11 Å². The van der Waals surface area contributed by atoms with E-state index in [2.05, 4.69) is 10.3 Å². The van der Waals surface area contributed by atoms with Crippen LogP contribution in [-0.4, -0.2) is 42.1 Å². The zero-order valence-corrected chi connectivity index (χ0v) is 11.7. The quantitative estimate of drug-likeness (QED) is 0.863. The van der Waals surface area contributed by atoms with E-state index in [1.807, 2.05) is 4.90 Å². The Hall–Kier alpha value is -2.11. The zero-order valence-electron chi connectivity index (χ0n) is 11.7. The van der Waals surface area contributed by atoms with Crippen molar-refractivity contribution in [3.63, 3.8) is 0 Å². The number of nitrogens with zero attached hydrogens (tertiary/aromatic N) is 2. The van der Waals surface area contributed by atoms with Gasteiger partial charge in [0.05, 0.1) is 11.5 Å². The number of carboxylic acids is 1. The molecule has 6 heteroatoms. The van der Waals surface area contributed by atoms with E-state index >= 15 is 0 Å². The van der Waals surface area contributed by atoms with E-state index in [-0.39, 0.29) is 17.4 Å². The van der Waals surface area contributed by atoms with Gasteiger partial charge in [0, 0.05) is 25.8 Å². The summed E-state index contributed by atoms with van der Waals surface area (Å²) >= 11 is 0. The Morgan fingerprint density at radius 2 is 2.20 bits per heavy atom. The first-order valence-corrected chi connectivity index (χ1v) is 6.70. The lowest BCUT2D eigenvalue weighted by Gasteiger charge is -2.32. The van der Waals surface area contributed by atoms with Crippen LogP contribution in [-0.2, 0) is 4.79 Å². The highest BCUT2D eigenvalue weighted by Crippen LogP contribution is 2.23. The molecule has 1 atom stereocenters. The Bertz CT molecular complexity index is 530. The van der Waals surface area contributed by atoms with E-state index in [9.17, 15) is 9.59 Å². The molecule has 0 bridgehead atoms. The van der Waals surface area contributed by atoms with Gasteiger partial charge in [-0.3, -0.25) is 4.79 Å². The molecule has 1 fully saturated rings. The molecule has 1 aromatic rings. The standard InChI is InChI=1S/C14H19N3O3/c1-9-6-11(14(19)20)7-12(16-9)17-5-3-4-10(8-17)13(18)15-2/h6-7,10H,3-5,8H2,1-2H3,(H,15,18)(H,19,20). The fourth-order valence-corrected chi connectivity index (χ4v) is 2.54. The third kappa shape index (κ3) is 3.07. The molecular weight excluding hydrogens is 258 g/mol. The predicted octanol–water partition coefficient (Wildman–Crippen LogP) is 1.05. The molecule has 1 aliphatic rings. The highest BCUT2D eigenvalue weighted by atomic mass is 16.4. The second kappa shape index (κ2) is 5.90. The number of hydrogen-bond acceptors (Lipinski definition) is 4. The van der Waals surface area contributed by atoms with Crippen LogP contribution in [0.4, 0.5) is 5.82 Å². The molecule has 1 saturated heterocycles. The molecule has 2 heterocycles. The minimum Gasteiger partial charge on any atom is -0.478 e. The first-order chi connectivity index (χ1) is 9.51. The van der Waals surface area contributed by atoms with Crippen molar-refractivity contribution in [1.82, 2.24) is 10.3 Å². The molecule has 0 saturated carbocycles. The van der Waals surface area contributed by atoms with E-state index in [0.717, 1.165) is 19.4 Å². The zero-order chi connectivity index (χ0) is 14.7. The molecule has 0 aromatic carbocycles. The molecule has 1 unspecified atom stereocenters. The van der Waals surface area contributed by atoms with Crippen molar-refractivity contribution in [2.75, 3.05) is 25.0 Å². The van der Waals surface area contributed by atoms with Crippen LogP contribution in [0.3, 0.4) is 0 Å². The number of pyridine rings is 1. The molecule has 2 rings (SSSR count). The molecule has 1 aliphatic heterocycles. The van der Waals surface area contributed by atoms with Crippen LogP contribution >= 0.6 is 0 Å². The number of carbonyl (C=O) groups excluding carboxylic acids is 1. The lowest BCUT2D eigenvalue weighted by atomic mass is 9.97. The number of nitrogens with one attached hydrogen (secondary N) is 1. The Kier molecular flexibility index (Phi) is 4.22. The molecule has 2 N–H and O–H groups in total. The van der Waals surface area contributed by atoms with Crippen LogP contribution in [0.5, 0.6) is 0 Å². The smallest absolute Gasteiger partial charge is 0.335 e. The number of aryl methyl sites for hydroxylation is 1. The molecule has 20 heavy (non-hydrogen) atoms. The number of aromatic nitrogens is 1. The van der Waals surface area contributed by atoms with Crippen molar-refractivity contribution in [2.45, 2.75) is 19.8 Å². The van der Waals surface area contributed by atoms with Crippen LogP contribution in [0.25, 0.3) is 0 Å². The van der Waals surface area contributed by atoms with Crippen LogP contribution in [0, 0.1) is 12.8 Å². The maximum atomic E-state index is 11.7. The number of rotatable bonds is 3. The molecule has 108 valence electrons. The van der Waals surface area contributed by atoms with Crippen molar-refractivity contribution < 1.29 is 14.7 Å². The van der Waals surface area contributed by atoms with Gasteiger partial charge in [0.2, 0.25) is 5.91 Å². The first-order valence-electron chi connectivity index (χ1n) is 6.70. The molecule has 1 aromatic heterocycles. The maximum Gasteiger partial charge on any atom is 0.335 e. The number of anilines is 1. The summed E-state index contributed by atoms with van der Waals surface area (Å²) in [6, 6.07) is 3.12. The van der Waals surface area contributed by atoms with E-state index in [1.54, 1.807) is 26.1 Å². The molecule has 6 nitrogen and oxygen atoms in total. The van der Waals surface area contributed by atoms with Gasteiger partial charge in [-0.25, -0.2) is 9.78 Å². The molecule has 0 spiro atoms. The largest absolute Gasteiger partial charge is 0.478 e. The molecule has 0 radical (unpaired) electrons. The Labute approximate surface area is 117 Å². The highest BCUT2D eigenvalue weighted by Gasteiger charge is 2.26. The third-order valence-corrected chi connectivity index (χ3v) is 3.55. The van der Waals surface area contributed by atoms with Gasteiger partial charge in [-0.1, -0.05) is 0 Å². The first kappa shape index (κ1) is 14.3. The number of carboxylic acid groups (broad SMARTS) is 1. The van der Waals surface area contributed by atoms with Gasteiger partial charge in [0.15, 0.2) is 0 Å². The predicted molar refractivity (Wildman–Crippen MR) is 74.9 cm³/mol. The van der Waals surface area contributed by atoms with Crippen molar-refractivity contribution in [3.8, 4) is 0 Å². The SMILES string of the molecule is CNC(=O)C1CCCN(c2cc(C(=O)O)cc(C)n2)C1. The minimum absolute atomic E-state index is 0.0285. The van der Waals surface area contributed by atoms with Crippen LogP contribution < -0.4 is 10.2 Å². The van der Waals surface area contributed by atoms with Gasteiger partial charge in [0.25, 0.3) is 0 Å². The highest BCUT2D eigenvalue weighted by molar-refractivity contribution is 5.88. The second-order valence-corrected chi connectivity index (χ2v) is 5.06. The van der Waals surface area contributed by atoms with Gasteiger partial charge in [0.1, 0.15) is 5.82 Å². The number of amides is 1. The number of aromatic carboxylic acids is 1. The van der Waals surface area contributed by atoms with Crippen molar-refractivity contribution >= 4 is 17.7 Å². The average molecular weight is 277 g/mol. The van der Waals surface area contributed by atoms with Gasteiger partial charge in [-0.05, 0) is 31.9 Å². The normalized spacial score (nSPS) is 18.7. The second-order valence-electron chi connectivity index (χ2n) is 5.06. The topological polar surface area (TPSA) is 82.5 Å². The Morgan fingerprint density at radius 3 is 2.85 bits per heavy atom. The Morgan fingerprint density at radius 1 is 1.45 bits per heavy atom. The van der Waals surface area contributed by atoms with Crippen molar-refractivity contribution in [1.29, 1.82) is 0 Å². The minimum atomic E-state index is -0.961. The van der Waals surface area contributed by atoms with E-state index in [1.165, 1.54) is 0 Å². The van der Waals surface area contributed by atoms with Gasteiger partial charge in [-0.15, -0.1) is 0 Å². The molecule has 0 aliphatic carbocycles. The summed E-state index contributed by atoms with van der Waals surface area (Å²) in [4.78, 5) is 29.2. The van der Waals surface area contributed by atoms with E-state index in [0.29, 0.717) is 18.1 Å². The van der Waals surface area contributed by atoms with Gasteiger partial charge < -0.3 is 15.3 Å². The summed E-state index contributed by atoms with van der Waals surface area (Å²) < 4.78 is 0. The lowest BCUT2D eigenvalue weighted by molar-refractivity contribution is -0.124. The monoisotopic (exact) mass is 277 g/mol. The average Bonchev–Trinajstić information content (AvgIpc) is 2.45. The summed E-state index contributed by atoms with van der Waals surface area (Å²) in [5.74, 6) is -0.363. The third-order valence-electron chi connectivity index (χ3n) is 3.55. The number of piperidine rings is 1. The summed E-state index contributed by atoms with van der Waals surface area (Å²) in [6.07, 6.45) is 1.75. The maximum absolute atomic E-state index is 11.7. The van der Waals surface area contributed by atoms with Gasteiger partial charge >= 0.3 is 5.97 Å². The number of carbonyl (C=O) groups is 2. The van der Waals surface area contributed by atoms with E-state index < -0.39 is 5.97 Å². The van der Waals surface area contributed by atoms with Crippen LogP contribution in [0.1, 0.15) is 28.9 Å². The summed E-state index contributed by atoms with van der Waals surface area (Å²) in [7, 11) is 1.63. The Balaban J connectivity index is 2.22. The lowest BCUT2D eigenvalue weighted by Crippen LogP contribution is -2.42. The van der Waals surface area contributed by atoms with Crippen LogP contribution in [0.2, 0.25) is 0 Å². The summed E-state index contributed by atoms with van der Waals surface area (Å²) in [5.41, 5.74) is 0.900.